The molecule has 1 aliphatic carbocycles. The molecule has 3 aromatic rings. The molecule has 2 aliphatic heterocycles. The van der Waals surface area contributed by atoms with Gasteiger partial charge in [0.1, 0.15) is 18.0 Å². The number of piperidine rings is 1. The molecule has 11 heteroatoms. The first-order chi connectivity index (χ1) is 21.3. The number of nitrogens with zero attached hydrogens (tertiary/aromatic N) is 1. The number of hydrogen-bond donors (Lipinski definition) is 1. The van der Waals surface area contributed by atoms with Gasteiger partial charge in [-0.1, -0.05) is 0 Å². The van der Waals surface area contributed by atoms with Gasteiger partial charge in [0.25, 0.3) is 0 Å². The first kappa shape index (κ1) is 30.1. The summed E-state index contributed by atoms with van der Waals surface area (Å²) in [5.41, 5.74) is 3.83. The van der Waals surface area contributed by atoms with Crippen molar-refractivity contribution in [3.8, 4) is 23.0 Å². The molecule has 3 heterocycles. The third kappa shape index (κ3) is 5.01. The van der Waals surface area contributed by atoms with Crippen molar-refractivity contribution >= 4 is 22.8 Å². The number of methoxy groups -OCH3 is 6. The number of esters is 2. The van der Waals surface area contributed by atoms with Gasteiger partial charge in [-0.15, -0.1) is 0 Å². The van der Waals surface area contributed by atoms with Gasteiger partial charge in [-0.05, 0) is 60.9 Å². The normalized spacial score (nSPS) is 26.1. The number of H-pyrrole nitrogens is 1. The van der Waals surface area contributed by atoms with Crippen molar-refractivity contribution in [1.29, 1.82) is 0 Å². The SMILES string of the molecule is COC(=O)[C@@H]1[C@@H]2C[C@H]3c4[nH]c5cc(OC)ccc5c4CCN3C[C@H]2C[C@H](OC(=O)c2cc(OC)c(OC)c(OC)c2)[C@@H]1OC. The molecule has 1 N–H and O–H groups in total. The van der Waals surface area contributed by atoms with Gasteiger partial charge in [-0.25, -0.2) is 4.79 Å². The van der Waals surface area contributed by atoms with Crippen molar-refractivity contribution in [2.45, 2.75) is 37.5 Å². The third-order valence-corrected chi connectivity index (χ3v) is 9.76. The number of nitrogens with one attached hydrogen (secondary N) is 1. The van der Waals surface area contributed by atoms with Crippen LogP contribution in [0.2, 0.25) is 0 Å². The molecule has 1 saturated heterocycles. The van der Waals surface area contributed by atoms with Crippen LogP contribution in [0.4, 0.5) is 0 Å². The molecule has 0 radical (unpaired) electrons. The van der Waals surface area contributed by atoms with Crippen LogP contribution in [0.5, 0.6) is 23.0 Å². The summed E-state index contributed by atoms with van der Waals surface area (Å²) < 4.78 is 39.1. The number of aromatic nitrogens is 1. The van der Waals surface area contributed by atoms with E-state index in [1.165, 1.54) is 45.1 Å². The van der Waals surface area contributed by atoms with Crippen LogP contribution in [0.25, 0.3) is 10.9 Å². The molecular formula is C33H40N2O9. The van der Waals surface area contributed by atoms with E-state index in [1.54, 1.807) is 26.4 Å². The zero-order valence-corrected chi connectivity index (χ0v) is 26.0. The number of rotatable bonds is 8. The van der Waals surface area contributed by atoms with Crippen LogP contribution in [-0.4, -0.2) is 89.8 Å². The first-order valence-electron chi connectivity index (χ1n) is 14.9. The summed E-state index contributed by atoms with van der Waals surface area (Å²) in [6.07, 6.45) is 0.920. The Morgan fingerprint density at radius 1 is 0.909 bits per heavy atom. The molecule has 44 heavy (non-hydrogen) atoms. The molecule has 0 amide bonds. The van der Waals surface area contributed by atoms with E-state index in [2.05, 4.69) is 16.0 Å². The van der Waals surface area contributed by atoms with Gasteiger partial charge >= 0.3 is 11.9 Å². The van der Waals surface area contributed by atoms with Gasteiger partial charge in [0.2, 0.25) is 5.75 Å². The second-order valence-electron chi connectivity index (χ2n) is 11.7. The van der Waals surface area contributed by atoms with Crippen LogP contribution in [-0.2, 0) is 25.4 Å². The Kier molecular flexibility index (Phi) is 8.34. The Hall–Kier alpha value is -3.96. The minimum atomic E-state index is -0.670. The van der Waals surface area contributed by atoms with Gasteiger partial charge < -0.3 is 38.1 Å². The van der Waals surface area contributed by atoms with Crippen LogP contribution < -0.4 is 18.9 Å². The van der Waals surface area contributed by atoms with Crippen molar-refractivity contribution in [2.75, 3.05) is 55.7 Å². The first-order valence-corrected chi connectivity index (χ1v) is 14.9. The van der Waals surface area contributed by atoms with Gasteiger partial charge in [0, 0.05) is 42.9 Å². The number of ether oxygens (including phenoxy) is 7. The third-order valence-electron chi connectivity index (χ3n) is 9.76. The Balaban J connectivity index is 1.29. The molecule has 2 fully saturated rings. The van der Waals surface area contributed by atoms with Crippen molar-refractivity contribution in [3.05, 3.63) is 47.2 Å². The topological polar surface area (TPSA) is 118 Å². The number of benzene rings is 2. The number of carbonyl (C=O) groups is 2. The van der Waals surface area contributed by atoms with Crippen molar-refractivity contribution in [1.82, 2.24) is 9.88 Å². The smallest absolute Gasteiger partial charge is 0.338 e. The lowest BCUT2D eigenvalue weighted by Crippen LogP contribution is -2.58. The van der Waals surface area contributed by atoms with Crippen molar-refractivity contribution < 1.29 is 42.7 Å². The van der Waals surface area contributed by atoms with E-state index in [9.17, 15) is 9.59 Å². The highest BCUT2D eigenvalue weighted by Crippen LogP contribution is 2.51. The van der Waals surface area contributed by atoms with Crippen LogP contribution in [0.3, 0.4) is 0 Å². The van der Waals surface area contributed by atoms with Crippen LogP contribution >= 0.6 is 0 Å². The molecule has 6 rings (SSSR count). The Labute approximate surface area is 256 Å². The fraction of sp³-hybridized carbons (Fsp3) is 0.515. The fourth-order valence-electron chi connectivity index (χ4n) is 7.76. The zero-order valence-electron chi connectivity index (χ0n) is 26.0. The van der Waals surface area contributed by atoms with E-state index in [4.69, 9.17) is 33.2 Å². The highest BCUT2D eigenvalue weighted by molar-refractivity contribution is 5.91. The molecule has 2 aromatic carbocycles. The lowest BCUT2D eigenvalue weighted by atomic mass is 9.63. The van der Waals surface area contributed by atoms with E-state index in [0.29, 0.717) is 23.7 Å². The number of fused-ring (bicyclic) bond motifs is 6. The average molecular weight is 609 g/mol. The quantitative estimate of drug-likeness (QED) is 0.374. The van der Waals surface area contributed by atoms with E-state index in [1.807, 2.05) is 12.1 Å². The van der Waals surface area contributed by atoms with Gasteiger partial charge in [-0.2, -0.15) is 0 Å². The minimum Gasteiger partial charge on any atom is -0.497 e. The molecule has 3 aliphatic rings. The van der Waals surface area contributed by atoms with Gasteiger partial charge in [0.05, 0.1) is 53.1 Å². The maximum Gasteiger partial charge on any atom is 0.338 e. The maximum atomic E-state index is 13.5. The van der Waals surface area contributed by atoms with Crippen LogP contribution in [0.1, 0.15) is 40.5 Å². The monoisotopic (exact) mass is 608 g/mol. The van der Waals surface area contributed by atoms with E-state index >= 15 is 0 Å². The molecule has 236 valence electrons. The summed E-state index contributed by atoms with van der Waals surface area (Å²) in [6, 6.07) is 9.40. The Morgan fingerprint density at radius 2 is 1.66 bits per heavy atom. The van der Waals surface area contributed by atoms with Crippen LogP contribution in [0.15, 0.2) is 30.3 Å². The number of hydrogen-bond acceptors (Lipinski definition) is 10. The molecule has 11 nitrogen and oxygen atoms in total. The maximum absolute atomic E-state index is 13.5. The van der Waals surface area contributed by atoms with E-state index < -0.39 is 24.1 Å². The van der Waals surface area contributed by atoms with Gasteiger partial charge in [-0.3, -0.25) is 9.69 Å². The van der Waals surface area contributed by atoms with Crippen LogP contribution in [0, 0.1) is 17.8 Å². The highest BCUT2D eigenvalue weighted by atomic mass is 16.6. The molecule has 0 spiro atoms. The summed E-state index contributed by atoms with van der Waals surface area (Å²) in [4.78, 5) is 33.1. The highest BCUT2D eigenvalue weighted by Gasteiger charge is 2.54. The predicted octanol–water partition coefficient (Wildman–Crippen LogP) is 4.17. The minimum absolute atomic E-state index is 0.0170. The Bertz CT molecular complexity index is 1530. The molecule has 0 unspecified atom stereocenters. The summed E-state index contributed by atoms with van der Waals surface area (Å²) in [5.74, 6) is 0.441. The lowest BCUT2D eigenvalue weighted by molar-refractivity contribution is -0.176. The molecular weight excluding hydrogens is 568 g/mol. The summed E-state index contributed by atoms with van der Waals surface area (Å²) in [6.45, 7) is 1.68. The molecule has 1 saturated carbocycles. The average Bonchev–Trinajstić information content (AvgIpc) is 3.43. The summed E-state index contributed by atoms with van der Waals surface area (Å²) >= 11 is 0. The van der Waals surface area contributed by atoms with E-state index in [-0.39, 0.29) is 29.4 Å². The van der Waals surface area contributed by atoms with E-state index in [0.717, 1.165) is 37.2 Å². The second kappa shape index (κ2) is 12.2. The Morgan fingerprint density at radius 3 is 2.30 bits per heavy atom. The number of carbonyl (C=O) groups excluding carboxylic acids is 2. The molecule has 1 aromatic heterocycles. The summed E-state index contributed by atoms with van der Waals surface area (Å²) in [7, 11) is 9.10. The van der Waals surface area contributed by atoms with Crippen molar-refractivity contribution in [2.24, 2.45) is 17.8 Å². The fourth-order valence-corrected chi connectivity index (χ4v) is 7.76. The second-order valence-corrected chi connectivity index (χ2v) is 11.7. The predicted molar refractivity (Wildman–Crippen MR) is 161 cm³/mol. The van der Waals surface area contributed by atoms with Crippen molar-refractivity contribution in [3.63, 3.8) is 0 Å². The standard InChI is InChI=1S/C33H40N2O9/c1-38-19-7-8-20-21-9-10-35-16-18-13-27(44-32(36)17-11-25(39-2)30(41-4)26(12-17)40-3)31(42-5)28(33(37)43-6)22(18)15-24(35)29(21)34-23(20)14-19/h7-8,11-12,14,18,22,24,27-28,31,34H,9-10,13,15-16H2,1-6H3/t18-,22-,24+,27+,28-,31+/m1/s1. The lowest BCUT2D eigenvalue weighted by Gasteiger charge is -2.52. The number of aromatic amines is 1. The summed E-state index contributed by atoms with van der Waals surface area (Å²) in [5, 5.41) is 1.21. The molecule has 0 bridgehead atoms. The zero-order chi connectivity index (χ0) is 31.1. The molecule has 6 atom stereocenters. The largest absolute Gasteiger partial charge is 0.497 e. The van der Waals surface area contributed by atoms with Gasteiger partial charge in [0.15, 0.2) is 11.5 Å².